The van der Waals surface area contributed by atoms with Gasteiger partial charge in [0.15, 0.2) is 0 Å². The Morgan fingerprint density at radius 3 is 2.64 bits per heavy atom. The van der Waals surface area contributed by atoms with E-state index in [0.29, 0.717) is 5.75 Å². The molecule has 1 aromatic carbocycles. The molecule has 1 N–H and O–H groups in total. The SMILES string of the molecule is CCCc1c(O)cccc1OC(C)C. The Morgan fingerprint density at radius 1 is 1.36 bits per heavy atom. The fourth-order valence-corrected chi connectivity index (χ4v) is 1.42. The zero-order valence-corrected chi connectivity index (χ0v) is 9.08. The molecule has 0 amide bonds. The van der Waals surface area contributed by atoms with Crippen LogP contribution in [0.25, 0.3) is 0 Å². The number of hydrogen-bond donors (Lipinski definition) is 1. The normalized spacial score (nSPS) is 10.6. The van der Waals surface area contributed by atoms with Crippen molar-refractivity contribution < 1.29 is 9.84 Å². The highest BCUT2D eigenvalue weighted by atomic mass is 16.5. The van der Waals surface area contributed by atoms with E-state index < -0.39 is 0 Å². The van der Waals surface area contributed by atoms with Crippen LogP contribution < -0.4 is 4.74 Å². The summed E-state index contributed by atoms with van der Waals surface area (Å²) in [5.74, 6) is 1.15. The smallest absolute Gasteiger partial charge is 0.126 e. The molecule has 0 atom stereocenters. The van der Waals surface area contributed by atoms with Gasteiger partial charge < -0.3 is 9.84 Å². The van der Waals surface area contributed by atoms with E-state index in [1.807, 2.05) is 26.0 Å². The van der Waals surface area contributed by atoms with Crippen LogP contribution in [0.5, 0.6) is 11.5 Å². The summed E-state index contributed by atoms with van der Waals surface area (Å²) in [7, 11) is 0. The molecule has 0 aromatic heterocycles. The van der Waals surface area contributed by atoms with E-state index in [1.165, 1.54) is 0 Å². The molecule has 0 spiro atoms. The summed E-state index contributed by atoms with van der Waals surface area (Å²) >= 11 is 0. The molecule has 0 aliphatic heterocycles. The number of phenolic OH excluding ortho intramolecular Hbond substituents is 1. The van der Waals surface area contributed by atoms with E-state index in [1.54, 1.807) is 6.07 Å². The van der Waals surface area contributed by atoms with Gasteiger partial charge in [-0.25, -0.2) is 0 Å². The molecule has 0 heterocycles. The summed E-state index contributed by atoms with van der Waals surface area (Å²) in [6.45, 7) is 6.06. The lowest BCUT2D eigenvalue weighted by atomic mass is 10.1. The Balaban J connectivity index is 2.95. The third-order valence-corrected chi connectivity index (χ3v) is 1.97. The third-order valence-electron chi connectivity index (χ3n) is 1.97. The summed E-state index contributed by atoms with van der Waals surface area (Å²) in [6, 6.07) is 5.43. The van der Waals surface area contributed by atoms with Crippen molar-refractivity contribution in [3.8, 4) is 11.5 Å². The van der Waals surface area contributed by atoms with E-state index >= 15 is 0 Å². The van der Waals surface area contributed by atoms with Crippen molar-refractivity contribution in [2.75, 3.05) is 0 Å². The van der Waals surface area contributed by atoms with Crippen LogP contribution in [0, 0.1) is 0 Å². The lowest BCUT2D eigenvalue weighted by molar-refractivity contribution is 0.238. The molecule has 78 valence electrons. The zero-order valence-electron chi connectivity index (χ0n) is 9.08. The number of hydrogen-bond acceptors (Lipinski definition) is 2. The van der Waals surface area contributed by atoms with Gasteiger partial charge in [-0.1, -0.05) is 19.4 Å². The van der Waals surface area contributed by atoms with Gasteiger partial charge in [0.2, 0.25) is 0 Å². The van der Waals surface area contributed by atoms with Crippen molar-refractivity contribution >= 4 is 0 Å². The zero-order chi connectivity index (χ0) is 10.6. The predicted octanol–water partition coefficient (Wildman–Crippen LogP) is 3.13. The van der Waals surface area contributed by atoms with Crippen molar-refractivity contribution in [3.63, 3.8) is 0 Å². The van der Waals surface area contributed by atoms with Crippen LogP contribution >= 0.6 is 0 Å². The van der Waals surface area contributed by atoms with Gasteiger partial charge in [0, 0.05) is 5.56 Å². The Hall–Kier alpha value is -1.18. The van der Waals surface area contributed by atoms with Crippen LogP contribution in [0.15, 0.2) is 18.2 Å². The molecule has 2 nitrogen and oxygen atoms in total. The first-order valence-corrected chi connectivity index (χ1v) is 5.12. The van der Waals surface area contributed by atoms with Gasteiger partial charge in [0.05, 0.1) is 6.10 Å². The van der Waals surface area contributed by atoms with E-state index in [4.69, 9.17) is 4.74 Å². The van der Waals surface area contributed by atoms with Crippen molar-refractivity contribution in [2.24, 2.45) is 0 Å². The van der Waals surface area contributed by atoms with Crippen LogP contribution in [0.4, 0.5) is 0 Å². The summed E-state index contributed by atoms with van der Waals surface area (Å²) in [5.41, 5.74) is 0.920. The number of ether oxygens (including phenoxy) is 1. The molecule has 0 aliphatic rings. The predicted molar refractivity (Wildman–Crippen MR) is 57.9 cm³/mol. The van der Waals surface area contributed by atoms with Crippen LogP contribution in [-0.4, -0.2) is 11.2 Å². The quantitative estimate of drug-likeness (QED) is 0.798. The van der Waals surface area contributed by atoms with Crippen LogP contribution in [0.2, 0.25) is 0 Å². The average molecular weight is 194 g/mol. The Labute approximate surface area is 85.5 Å². The van der Waals surface area contributed by atoms with Crippen LogP contribution in [0.3, 0.4) is 0 Å². The van der Waals surface area contributed by atoms with E-state index in [0.717, 1.165) is 24.2 Å². The van der Waals surface area contributed by atoms with Gasteiger partial charge in [-0.3, -0.25) is 0 Å². The molecule has 0 saturated heterocycles. The topological polar surface area (TPSA) is 29.5 Å². The molecule has 0 saturated carbocycles. The summed E-state index contributed by atoms with van der Waals surface area (Å²) in [6.07, 6.45) is 2.01. The number of phenols is 1. The first kappa shape index (κ1) is 10.9. The molecule has 0 unspecified atom stereocenters. The maximum Gasteiger partial charge on any atom is 0.126 e. The van der Waals surface area contributed by atoms with Gasteiger partial charge in [-0.2, -0.15) is 0 Å². The average Bonchev–Trinajstić information content (AvgIpc) is 2.10. The molecule has 0 bridgehead atoms. The van der Waals surface area contributed by atoms with Crippen molar-refractivity contribution in [1.29, 1.82) is 0 Å². The van der Waals surface area contributed by atoms with Crippen molar-refractivity contribution in [3.05, 3.63) is 23.8 Å². The molecule has 14 heavy (non-hydrogen) atoms. The lowest BCUT2D eigenvalue weighted by Crippen LogP contribution is -2.07. The highest BCUT2D eigenvalue weighted by Crippen LogP contribution is 2.29. The second kappa shape index (κ2) is 4.89. The maximum atomic E-state index is 9.66. The Morgan fingerprint density at radius 2 is 2.07 bits per heavy atom. The van der Waals surface area contributed by atoms with Gasteiger partial charge >= 0.3 is 0 Å². The highest BCUT2D eigenvalue weighted by Gasteiger charge is 2.08. The fraction of sp³-hybridized carbons (Fsp3) is 0.500. The minimum atomic E-state index is 0.146. The van der Waals surface area contributed by atoms with Crippen LogP contribution in [0.1, 0.15) is 32.8 Å². The molecule has 1 aromatic rings. The second-order valence-electron chi connectivity index (χ2n) is 3.67. The highest BCUT2D eigenvalue weighted by molar-refractivity contribution is 5.44. The minimum absolute atomic E-state index is 0.146. The fourth-order valence-electron chi connectivity index (χ4n) is 1.42. The van der Waals surface area contributed by atoms with Gasteiger partial charge in [0.25, 0.3) is 0 Å². The minimum Gasteiger partial charge on any atom is -0.508 e. The Kier molecular flexibility index (Phi) is 3.81. The largest absolute Gasteiger partial charge is 0.508 e. The van der Waals surface area contributed by atoms with Gasteiger partial charge in [-0.05, 0) is 32.4 Å². The van der Waals surface area contributed by atoms with E-state index in [2.05, 4.69) is 6.92 Å². The van der Waals surface area contributed by atoms with E-state index in [9.17, 15) is 5.11 Å². The monoisotopic (exact) mass is 194 g/mol. The summed E-state index contributed by atoms with van der Waals surface area (Å²) in [4.78, 5) is 0. The maximum absolute atomic E-state index is 9.66. The summed E-state index contributed by atoms with van der Waals surface area (Å²) in [5, 5.41) is 9.66. The van der Waals surface area contributed by atoms with Crippen LogP contribution in [-0.2, 0) is 6.42 Å². The first-order chi connectivity index (χ1) is 6.65. The molecule has 0 radical (unpaired) electrons. The van der Waals surface area contributed by atoms with Crippen molar-refractivity contribution in [2.45, 2.75) is 39.7 Å². The number of aromatic hydroxyl groups is 1. The molecular weight excluding hydrogens is 176 g/mol. The van der Waals surface area contributed by atoms with E-state index in [-0.39, 0.29) is 6.10 Å². The molecule has 1 rings (SSSR count). The lowest BCUT2D eigenvalue weighted by Gasteiger charge is -2.14. The molecule has 2 heteroatoms. The number of rotatable bonds is 4. The van der Waals surface area contributed by atoms with Gasteiger partial charge in [0.1, 0.15) is 11.5 Å². The van der Waals surface area contributed by atoms with Gasteiger partial charge in [-0.15, -0.1) is 0 Å². The third kappa shape index (κ3) is 2.66. The second-order valence-corrected chi connectivity index (χ2v) is 3.67. The first-order valence-electron chi connectivity index (χ1n) is 5.12. The standard InChI is InChI=1S/C12H18O2/c1-4-6-10-11(13)7-5-8-12(10)14-9(2)3/h5,7-9,13H,4,6H2,1-3H3. The molecule has 0 aliphatic carbocycles. The Bertz CT molecular complexity index is 292. The van der Waals surface area contributed by atoms with Crippen molar-refractivity contribution in [1.82, 2.24) is 0 Å². The molecular formula is C12H18O2. The molecule has 0 fully saturated rings. The summed E-state index contributed by atoms with van der Waals surface area (Å²) < 4.78 is 5.62. The number of benzene rings is 1.